The van der Waals surface area contributed by atoms with Crippen molar-refractivity contribution in [2.24, 2.45) is 0 Å². The Morgan fingerprint density at radius 1 is 1.30 bits per heavy atom. The fourth-order valence-corrected chi connectivity index (χ4v) is 2.44. The van der Waals surface area contributed by atoms with Gasteiger partial charge in [0, 0.05) is 17.1 Å². The average Bonchev–Trinajstić information content (AvgIpc) is 2.70. The maximum absolute atomic E-state index is 11.8. The number of benzene rings is 1. The number of aromatic amines is 1. The van der Waals surface area contributed by atoms with Gasteiger partial charge in [0.05, 0.1) is 21.1 Å². The van der Waals surface area contributed by atoms with Crippen molar-refractivity contribution in [3.63, 3.8) is 0 Å². The number of para-hydroxylation sites is 1. The summed E-state index contributed by atoms with van der Waals surface area (Å²) < 4.78 is 22.3. The van der Waals surface area contributed by atoms with E-state index < -0.39 is 7.82 Å². The molecule has 110 valence electrons. The van der Waals surface area contributed by atoms with Gasteiger partial charge < -0.3 is 23.4 Å². The molecule has 0 amide bonds. The number of nitrogens with one attached hydrogen (secondary N) is 1. The monoisotopic (exact) mass is 298 g/mol. The SMILES string of the molecule is C[N+](C)(C)CCOP(=O)([O-])Oc1c[nH]c2ccccc12. The van der Waals surface area contributed by atoms with E-state index in [9.17, 15) is 9.46 Å². The molecule has 1 aromatic heterocycles. The Hall–Kier alpha value is -1.33. The molecule has 7 heteroatoms. The van der Waals surface area contributed by atoms with Gasteiger partial charge in [-0.3, -0.25) is 4.57 Å². The number of rotatable bonds is 6. The first kappa shape index (κ1) is 15.1. The van der Waals surface area contributed by atoms with Crippen molar-refractivity contribution in [2.75, 3.05) is 34.3 Å². The molecular weight excluding hydrogens is 279 g/mol. The largest absolute Gasteiger partial charge is 0.746 e. The molecule has 0 spiro atoms. The minimum Gasteiger partial charge on any atom is -0.746 e. The van der Waals surface area contributed by atoms with Crippen molar-refractivity contribution < 1.29 is 23.0 Å². The minimum atomic E-state index is -4.35. The predicted molar refractivity (Wildman–Crippen MR) is 75.4 cm³/mol. The highest BCUT2D eigenvalue weighted by molar-refractivity contribution is 7.46. The van der Waals surface area contributed by atoms with E-state index >= 15 is 0 Å². The second kappa shape index (κ2) is 5.58. The lowest BCUT2D eigenvalue weighted by Crippen LogP contribution is -2.37. The third-order valence-electron chi connectivity index (χ3n) is 2.77. The molecule has 0 fully saturated rings. The lowest BCUT2D eigenvalue weighted by molar-refractivity contribution is -0.870. The van der Waals surface area contributed by atoms with Crippen molar-refractivity contribution in [3.05, 3.63) is 30.5 Å². The van der Waals surface area contributed by atoms with E-state index in [1.54, 1.807) is 6.07 Å². The van der Waals surface area contributed by atoms with Gasteiger partial charge in [0.15, 0.2) is 5.75 Å². The summed E-state index contributed by atoms with van der Waals surface area (Å²) in [6, 6.07) is 7.30. The Morgan fingerprint density at radius 2 is 2.00 bits per heavy atom. The van der Waals surface area contributed by atoms with Crippen LogP contribution in [0.1, 0.15) is 0 Å². The predicted octanol–water partition coefficient (Wildman–Crippen LogP) is 1.74. The van der Waals surface area contributed by atoms with Crippen LogP contribution < -0.4 is 9.42 Å². The van der Waals surface area contributed by atoms with Crippen molar-refractivity contribution in [3.8, 4) is 5.75 Å². The lowest BCUT2D eigenvalue weighted by atomic mass is 10.2. The molecule has 1 atom stereocenters. The number of phosphoric ester groups is 1. The van der Waals surface area contributed by atoms with Crippen LogP contribution in [0.4, 0.5) is 0 Å². The van der Waals surface area contributed by atoms with Gasteiger partial charge in [-0.15, -0.1) is 0 Å². The average molecular weight is 298 g/mol. The van der Waals surface area contributed by atoms with Crippen molar-refractivity contribution in [2.45, 2.75) is 0 Å². The zero-order chi connectivity index (χ0) is 14.8. The Balaban J connectivity index is 2.03. The van der Waals surface area contributed by atoms with Crippen molar-refractivity contribution in [1.29, 1.82) is 0 Å². The fraction of sp³-hybridized carbons (Fsp3) is 0.385. The highest BCUT2D eigenvalue weighted by Gasteiger charge is 2.16. The highest BCUT2D eigenvalue weighted by atomic mass is 31.2. The second-order valence-electron chi connectivity index (χ2n) is 5.58. The van der Waals surface area contributed by atoms with E-state index in [4.69, 9.17) is 9.05 Å². The Labute approximate surface area is 118 Å². The molecule has 0 aliphatic carbocycles. The van der Waals surface area contributed by atoms with Gasteiger partial charge in [0.25, 0.3) is 0 Å². The number of likely N-dealkylation sites (N-methyl/N-ethyl adjacent to an activating group) is 1. The van der Waals surface area contributed by atoms with Crippen LogP contribution in [0.5, 0.6) is 5.75 Å². The van der Waals surface area contributed by atoms with E-state index in [0.29, 0.717) is 16.4 Å². The molecule has 2 aromatic rings. The van der Waals surface area contributed by atoms with E-state index in [0.717, 1.165) is 5.52 Å². The Bertz CT molecular complexity index is 633. The number of hydrogen-bond donors (Lipinski definition) is 1. The summed E-state index contributed by atoms with van der Waals surface area (Å²) in [6.45, 7) is 0.663. The minimum absolute atomic E-state index is 0.0899. The second-order valence-corrected chi connectivity index (χ2v) is 6.92. The molecular formula is C13H19N2O4P. The normalized spacial score (nSPS) is 15.2. The van der Waals surface area contributed by atoms with Gasteiger partial charge in [0.2, 0.25) is 0 Å². The highest BCUT2D eigenvalue weighted by Crippen LogP contribution is 2.42. The fourth-order valence-electron chi connectivity index (χ4n) is 1.69. The van der Waals surface area contributed by atoms with E-state index in [1.807, 2.05) is 39.3 Å². The van der Waals surface area contributed by atoms with Crippen LogP contribution in [-0.4, -0.2) is 43.8 Å². The van der Waals surface area contributed by atoms with Gasteiger partial charge in [-0.2, -0.15) is 0 Å². The first-order chi connectivity index (χ1) is 9.27. The van der Waals surface area contributed by atoms with Crippen LogP contribution in [0.3, 0.4) is 0 Å². The number of fused-ring (bicyclic) bond motifs is 1. The molecule has 0 bridgehead atoms. The first-order valence-electron chi connectivity index (χ1n) is 6.29. The number of H-pyrrole nitrogens is 1. The van der Waals surface area contributed by atoms with Crippen LogP contribution in [0, 0.1) is 0 Å². The van der Waals surface area contributed by atoms with E-state index in [-0.39, 0.29) is 12.4 Å². The van der Waals surface area contributed by atoms with Crippen LogP contribution in [-0.2, 0) is 9.09 Å². The first-order valence-corrected chi connectivity index (χ1v) is 7.75. The van der Waals surface area contributed by atoms with Crippen molar-refractivity contribution >= 4 is 18.7 Å². The maximum atomic E-state index is 11.8. The summed E-state index contributed by atoms with van der Waals surface area (Å²) in [5.74, 6) is 0.254. The number of aromatic nitrogens is 1. The molecule has 1 aromatic carbocycles. The topological polar surface area (TPSA) is 74.4 Å². The lowest BCUT2D eigenvalue weighted by Gasteiger charge is -2.27. The summed E-state index contributed by atoms with van der Waals surface area (Å²) in [5.41, 5.74) is 0.814. The molecule has 1 unspecified atom stereocenters. The molecule has 0 aliphatic heterocycles. The van der Waals surface area contributed by atoms with Crippen molar-refractivity contribution in [1.82, 2.24) is 4.98 Å². The molecule has 0 aliphatic rings. The van der Waals surface area contributed by atoms with E-state index in [2.05, 4.69) is 4.98 Å². The summed E-state index contributed by atoms with van der Waals surface area (Å²) in [6.07, 6.45) is 1.51. The molecule has 0 saturated carbocycles. The van der Waals surface area contributed by atoms with Gasteiger partial charge in [0.1, 0.15) is 13.2 Å². The third kappa shape index (κ3) is 4.08. The quantitative estimate of drug-likeness (QED) is 0.651. The molecule has 20 heavy (non-hydrogen) atoms. The molecule has 6 nitrogen and oxygen atoms in total. The number of nitrogens with zero attached hydrogens (tertiary/aromatic N) is 1. The summed E-state index contributed by atoms with van der Waals surface area (Å²) in [7, 11) is 1.52. The molecule has 0 radical (unpaired) electrons. The van der Waals surface area contributed by atoms with Gasteiger partial charge >= 0.3 is 7.82 Å². The molecule has 2 rings (SSSR count). The molecule has 1 heterocycles. The van der Waals surface area contributed by atoms with Crippen LogP contribution in [0.15, 0.2) is 30.5 Å². The Kier molecular flexibility index (Phi) is 4.20. The molecule has 1 N–H and O–H groups in total. The number of quaternary nitrogens is 1. The zero-order valence-electron chi connectivity index (χ0n) is 11.8. The van der Waals surface area contributed by atoms with Crippen LogP contribution >= 0.6 is 7.82 Å². The van der Waals surface area contributed by atoms with E-state index in [1.165, 1.54) is 6.20 Å². The summed E-state index contributed by atoms with van der Waals surface area (Å²) >= 11 is 0. The third-order valence-corrected chi connectivity index (χ3v) is 3.69. The summed E-state index contributed by atoms with van der Waals surface area (Å²) in [4.78, 5) is 14.7. The molecule has 0 saturated heterocycles. The Morgan fingerprint density at radius 3 is 2.70 bits per heavy atom. The maximum Gasteiger partial charge on any atom is 0.320 e. The van der Waals surface area contributed by atoms with Gasteiger partial charge in [-0.05, 0) is 12.1 Å². The van der Waals surface area contributed by atoms with Crippen LogP contribution in [0.25, 0.3) is 10.9 Å². The summed E-state index contributed by atoms with van der Waals surface area (Å²) in [5, 5.41) is 0.707. The standard InChI is InChI=1S/C13H19N2O4P/c1-15(2,3)8-9-18-20(16,17)19-13-10-14-12-7-5-4-6-11(12)13/h4-7,10,14H,8-9H2,1-3H3. The van der Waals surface area contributed by atoms with Crippen LogP contribution in [0.2, 0.25) is 0 Å². The smallest absolute Gasteiger partial charge is 0.320 e. The van der Waals surface area contributed by atoms with Gasteiger partial charge in [-0.25, -0.2) is 0 Å². The zero-order valence-corrected chi connectivity index (χ0v) is 12.7. The number of hydrogen-bond acceptors (Lipinski definition) is 4. The van der Waals surface area contributed by atoms with Gasteiger partial charge in [-0.1, -0.05) is 12.1 Å². The number of phosphoric acid groups is 1.